The Morgan fingerprint density at radius 2 is 1.86 bits per heavy atom. The van der Waals surface area contributed by atoms with Gasteiger partial charge in [-0.2, -0.15) is 0 Å². The minimum atomic E-state index is -0.459. The van der Waals surface area contributed by atoms with Crippen molar-refractivity contribution in [3.63, 3.8) is 0 Å². The molecule has 0 spiro atoms. The van der Waals surface area contributed by atoms with E-state index in [1.165, 1.54) is 6.08 Å². The number of pyridine rings is 2. The van der Waals surface area contributed by atoms with Crippen LogP contribution in [0.5, 0.6) is 0 Å². The van der Waals surface area contributed by atoms with Gasteiger partial charge in [-0.15, -0.1) is 0 Å². The Balaban J connectivity index is 1.67. The van der Waals surface area contributed by atoms with Crippen LogP contribution < -0.4 is 5.63 Å². The van der Waals surface area contributed by atoms with Gasteiger partial charge >= 0.3 is 5.63 Å². The van der Waals surface area contributed by atoms with Gasteiger partial charge < -0.3 is 4.42 Å². The molecule has 5 nitrogen and oxygen atoms in total. The van der Waals surface area contributed by atoms with Gasteiger partial charge in [0, 0.05) is 22.8 Å². The second-order valence-electron chi connectivity index (χ2n) is 6.27. The molecule has 0 unspecified atom stereocenters. The first-order chi connectivity index (χ1) is 13.6. The van der Waals surface area contributed by atoms with Crippen molar-refractivity contribution < 1.29 is 9.21 Å². The second kappa shape index (κ2) is 7.40. The number of hydrogen-bond acceptors (Lipinski definition) is 5. The summed E-state index contributed by atoms with van der Waals surface area (Å²) in [6, 6.07) is 17.9. The fourth-order valence-electron chi connectivity index (χ4n) is 2.94. The Morgan fingerprint density at radius 1 is 1.04 bits per heavy atom. The normalized spacial score (nSPS) is 11.2. The summed E-state index contributed by atoms with van der Waals surface area (Å²) >= 11 is 0. The summed E-state index contributed by atoms with van der Waals surface area (Å²) in [6.07, 6.45) is 4.80. The van der Waals surface area contributed by atoms with Gasteiger partial charge in [0.05, 0.1) is 17.0 Å². The van der Waals surface area contributed by atoms with Gasteiger partial charge in [0.25, 0.3) is 0 Å². The Kier molecular flexibility index (Phi) is 4.64. The molecule has 0 saturated carbocycles. The van der Waals surface area contributed by atoms with Crippen LogP contribution in [0.2, 0.25) is 0 Å². The highest BCUT2D eigenvalue weighted by Gasteiger charge is 2.13. The topological polar surface area (TPSA) is 73.1 Å². The molecule has 3 aromatic heterocycles. The van der Waals surface area contributed by atoms with Gasteiger partial charge in [0.15, 0.2) is 5.78 Å². The molecule has 0 bridgehead atoms. The van der Waals surface area contributed by atoms with E-state index in [2.05, 4.69) is 9.97 Å². The minimum Gasteiger partial charge on any atom is -0.422 e. The molecule has 4 aromatic rings. The monoisotopic (exact) mass is 368 g/mol. The van der Waals surface area contributed by atoms with Gasteiger partial charge in [-0.3, -0.25) is 14.8 Å². The molecule has 0 amide bonds. The predicted octanol–water partition coefficient (Wildman–Crippen LogP) is 4.45. The molecular formula is C23H16N2O3. The number of fused-ring (bicyclic) bond motifs is 1. The minimum absolute atomic E-state index is 0.173. The van der Waals surface area contributed by atoms with Gasteiger partial charge in [-0.1, -0.05) is 24.3 Å². The highest BCUT2D eigenvalue weighted by Crippen LogP contribution is 2.21. The van der Waals surface area contributed by atoms with Crippen molar-refractivity contribution in [2.45, 2.75) is 6.92 Å². The van der Waals surface area contributed by atoms with E-state index < -0.39 is 5.63 Å². The lowest BCUT2D eigenvalue weighted by Gasteiger charge is -2.06. The number of allylic oxidation sites excluding steroid dienone is 1. The molecule has 0 aliphatic heterocycles. The SMILES string of the molecule is Cc1nc(-c2cc3ccccc3oc2=O)ccc1C(=O)/C=C/c1ccccn1. The number of carbonyl (C=O) groups is 1. The van der Waals surface area contributed by atoms with Crippen molar-refractivity contribution in [1.29, 1.82) is 0 Å². The number of para-hydroxylation sites is 1. The molecule has 0 atom stereocenters. The summed E-state index contributed by atoms with van der Waals surface area (Å²) in [4.78, 5) is 33.4. The van der Waals surface area contributed by atoms with Gasteiger partial charge in [0.2, 0.25) is 0 Å². The number of hydrogen-bond donors (Lipinski definition) is 0. The van der Waals surface area contributed by atoms with Crippen LogP contribution in [0.4, 0.5) is 0 Å². The molecule has 5 heteroatoms. The average molecular weight is 368 g/mol. The molecule has 28 heavy (non-hydrogen) atoms. The third-order valence-electron chi connectivity index (χ3n) is 4.36. The van der Waals surface area contributed by atoms with Gasteiger partial charge in [-0.25, -0.2) is 4.79 Å². The fraction of sp³-hybridized carbons (Fsp3) is 0.0435. The molecule has 1 aromatic carbocycles. The predicted molar refractivity (Wildman–Crippen MR) is 108 cm³/mol. The lowest BCUT2D eigenvalue weighted by atomic mass is 10.1. The third kappa shape index (κ3) is 3.50. The van der Waals surface area contributed by atoms with Crippen LogP contribution in [0.25, 0.3) is 28.3 Å². The van der Waals surface area contributed by atoms with E-state index in [9.17, 15) is 9.59 Å². The molecule has 0 aliphatic carbocycles. The van der Waals surface area contributed by atoms with Crippen molar-refractivity contribution in [3.8, 4) is 11.3 Å². The lowest BCUT2D eigenvalue weighted by Crippen LogP contribution is -2.06. The molecule has 0 N–H and O–H groups in total. The molecule has 0 aliphatic rings. The Morgan fingerprint density at radius 3 is 2.64 bits per heavy atom. The number of aryl methyl sites for hydroxylation is 1. The van der Waals surface area contributed by atoms with Crippen molar-refractivity contribution >= 4 is 22.8 Å². The average Bonchev–Trinajstić information content (AvgIpc) is 2.72. The maximum absolute atomic E-state index is 12.5. The van der Waals surface area contributed by atoms with Crippen LogP contribution in [-0.4, -0.2) is 15.8 Å². The van der Waals surface area contributed by atoms with E-state index in [0.29, 0.717) is 33.8 Å². The van der Waals surface area contributed by atoms with Crippen molar-refractivity contribution in [1.82, 2.24) is 9.97 Å². The summed E-state index contributed by atoms with van der Waals surface area (Å²) in [5.74, 6) is -0.173. The van der Waals surface area contributed by atoms with Crippen LogP contribution >= 0.6 is 0 Å². The summed E-state index contributed by atoms with van der Waals surface area (Å²) in [5, 5.41) is 0.815. The Hall–Kier alpha value is -3.86. The molecule has 3 heterocycles. The van der Waals surface area contributed by atoms with Crippen LogP contribution in [0.15, 0.2) is 82.1 Å². The van der Waals surface area contributed by atoms with Crippen LogP contribution in [0.3, 0.4) is 0 Å². The number of ketones is 1. The van der Waals surface area contributed by atoms with E-state index in [1.807, 2.05) is 36.4 Å². The maximum atomic E-state index is 12.5. The molecule has 136 valence electrons. The smallest absolute Gasteiger partial charge is 0.345 e. The standard InChI is InChI=1S/C23H16N2O3/c1-15-18(21(26)12-9-17-7-4-5-13-24-17)10-11-20(25-15)19-14-16-6-2-3-8-22(16)28-23(19)27/h2-14H,1H3/b12-9+. The number of nitrogens with zero attached hydrogens (tertiary/aromatic N) is 2. The number of carbonyl (C=O) groups excluding carboxylic acids is 1. The second-order valence-corrected chi connectivity index (χ2v) is 6.27. The fourth-order valence-corrected chi connectivity index (χ4v) is 2.94. The van der Waals surface area contributed by atoms with Gasteiger partial charge in [-0.05, 0) is 55.5 Å². The molecule has 4 rings (SSSR count). The first-order valence-electron chi connectivity index (χ1n) is 8.76. The van der Waals surface area contributed by atoms with E-state index in [4.69, 9.17) is 4.42 Å². The Bertz CT molecular complexity index is 1260. The summed E-state index contributed by atoms with van der Waals surface area (Å²) in [5.41, 5.74) is 2.62. The number of rotatable bonds is 4. The zero-order chi connectivity index (χ0) is 19.5. The molecule has 0 fully saturated rings. The van der Waals surface area contributed by atoms with Crippen molar-refractivity contribution in [3.05, 3.63) is 100 Å². The summed E-state index contributed by atoms with van der Waals surface area (Å²) in [6.45, 7) is 1.74. The lowest BCUT2D eigenvalue weighted by molar-refractivity contribution is 0.104. The van der Waals surface area contributed by atoms with Crippen LogP contribution in [0.1, 0.15) is 21.7 Å². The van der Waals surface area contributed by atoms with E-state index in [-0.39, 0.29) is 5.78 Å². The highest BCUT2D eigenvalue weighted by atomic mass is 16.4. The highest BCUT2D eigenvalue weighted by molar-refractivity contribution is 6.07. The third-order valence-corrected chi connectivity index (χ3v) is 4.36. The molecular weight excluding hydrogens is 352 g/mol. The van der Waals surface area contributed by atoms with E-state index in [1.54, 1.807) is 43.5 Å². The zero-order valence-corrected chi connectivity index (χ0v) is 15.1. The number of benzene rings is 1. The van der Waals surface area contributed by atoms with Crippen LogP contribution in [-0.2, 0) is 0 Å². The number of aromatic nitrogens is 2. The quantitative estimate of drug-likeness (QED) is 0.302. The van der Waals surface area contributed by atoms with E-state index in [0.717, 1.165) is 5.39 Å². The first kappa shape index (κ1) is 17.5. The first-order valence-corrected chi connectivity index (χ1v) is 8.76. The van der Waals surface area contributed by atoms with Crippen LogP contribution in [0, 0.1) is 6.92 Å². The molecule has 0 radical (unpaired) electrons. The van der Waals surface area contributed by atoms with E-state index >= 15 is 0 Å². The summed E-state index contributed by atoms with van der Waals surface area (Å²) in [7, 11) is 0. The molecule has 0 saturated heterocycles. The maximum Gasteiger partial charge on any atom is 0.345 e. The van der Waals surface area contributed by atoms with Gasteiger partial charge in [0.1, 0.15) is 5.58 Å². The van der Waals surface area contributed by atoms with Crippen molar-refractivity contribution in [2.24, 2.45) is 0 Å². The largest absolute Gasteiger partial charge is 0.422 e. The van der Waals surface area contributed by atoms with Crippen molar-refractivity contribution in [2.75, 3.05) is 0 Å². The Labute approximate surface area is 161 Å². The summed E-state index contributed by atoms with van der Waals surface area (Å²) < 4.78 is 5.37. The zero-order valence-electron chi connectivity index (χ0n) is 15.1.